The number of phosphoric ester groups is 2. The monoisotopic (exact) mass is 1300 g/mol. The van der Waals surface area contributed by atoms with Gasteiger partial charge in [0.05, 0.1) is 26.4 Å². The number of carbonyl (C=O) groups is 4. The highest BCUT2D eigenvalue weighted by Crippen LogP contribution is 2.45. The quantitative estimate of drug-likeness (QED) is 0.0222. The van der Waals surface area contributed by atoms with Crippen molar-refractivity contribution in [3.63, 3.8) is 0 Å². The minimum absolute atomic E-state index is 0.102. The van der Waals surface area contributed by atoms with E-state index in [2.05, 4.69) is 55.4 Å². The van der Waals surface area contributed by atoms with Crippen LogP contribution in [-0.4, -0.2) is 96.7 Å². The summed E-state index contributed by atoms with van der Waals surface area (Å²) in [6, 6.07) is 0. The molecule has 0 rings (SSSR count). The van der Waals surface area contributed by atoms with E-state index in [0.29, 0.717) is 37.5 Å². The number of aliphatic hydroxyl groups is 1. The van der Waals surface area contributed by atoms with Crippen LogP contribution in [0.15, 0.2) is 0 Å². The number of aliphatic hydroxyl groups excluding tert-OH is 1. The Bertz CT molecular complexity index is 1750. The van der Waals surface area contributed by atoms with Crippen LogP contribution < -0.4 is 0 Å². The first kappa shape index (κ1) is 86.1. The molecule has 0 radical (unpaired) electrons. The van der Waals surface area contributed by atoms with E-state index in [1.165, 1.54) is 135 Å². The van der Waals surface area contributed by atoms with E-state index in [-0.39, 0.29) is 25.7 Å². The summed E-state index contributed by atoms with van der Waals surface area (Å²) < 4.78 is 68.2. The summed E-state index contributed by atoms with van der Waals surface area (Å²) >= 11 is 0. The first-order chi connectivity index (χ1) is 42.1. The molecule has 0 aromatic rings. The van der Waals surface area contributed by atoms with Gasteiger partial charge in [-0.15, -0.1) is 0 Å². The van der Waals surface area contributed by atoms with Gasteiger partial charge in [0.15, 0.2) is 12.2 Å². The maximum Gasteiger partial charge on any atom is 0.472 e. The third-order valence-corrected chi connectivity index (χ3v) is 18.1. The number of unbranched alkanes of at least 4 members (excludes halogenated alkanes) is 31. The topological polar surface area (TPSA) is 237 Å². The molecule has 0 bridgehead atoms. The molecule has 0 amide bonds. The number of ether oxygens (including phenoxy) is 4. The van der Waals surface area contributed by atoms with Gasteiger partial charge in [-0.2, -0.15) is 0 Å². The van der Waals surface area contributed by atoms with Crippen molar-refractivity contribution in [2.24, 2.45) is 23.7 Å². The summed E-state index contributed by atoms with van der Waals surface area (Å²) in [7, 11) is -9.90. The minimum atomic E-state index is -4.95. The van der Waals surface area contributed by atoms with Crippen molar-refractivity contribution >= 4 is 39.5 Å². The molecule has 0 heterocycles. The first-order valence-electron chi connectivity index (χ1n) is 35.7. The predicted molar refractivity (Wildman–Crippen MR) is 354 cm³/mol. The first-order valence-corrected chi connectivity index (χ1v) is 38.7. The van der Waals surface area contributed by atoms with Crippen LogP contribution in [0.3, 0.4) is 0 Å². The van der Waals surface area contributed by atoms with E-state index in [4.69, 9.17) is 37.0 Å². The molecule has 0 aromatic carbocycles. The molecule has 3 N–H and O–H groups in total. The van der Waals surface area contributed by atoms with Crippen molar-refractivity contribution in [1.82, 2.24) is 0 Å². The Morgan fingerprint density at radius 1 is 0.318 bits per heavy atom. The normalized spacial score (nSPS) is 14.6. The Morgan fingerprint density at radius 3 is 0.807 bits per heavy atom. The average molecular weight is 1300 g/mol. The molecule has 17 nitrogen and oxygen atoms in total. The van der Waals surface area contributed by atoms with E-state index in [9.17, 15) is 43.2 Å². The fourth-order valence-electron chi connectivity index (χ4n) is 10.3. The molecule has 0 spiro atoms. The van der Waals surface area contributed by atoms with Gasteiger partial charge in [-0.3, -0.25) is 37.3 Å². The van der Waals surface area contributed by atoms with Crippen LogP contribution in [0, 0.1) is 23.7 Å². The summed E-state index contributed by atoms with van der Waals surface area (Å²) in [6.07, 6.45) is 40.6. The van der Waals surface area contributed by atoms with E-state index in [1.807, 2.05) is 0 Å². The number of hydrogen-bond acceptors (Lipinski definition) is 15. The Hall–Kier alpha value is -1.94. The van der Waals surface area contributed by atoms with E-state index >= 15 is 0 Å². The van der Waals surface area contributed by atoms with Crippen LogP contribution in [0.2, 0.25) is 0 Å². The number of phosphoric acid groups is 2. The van der Waals surface area contributed by atoms with Gasteiger partial charge in [0.2, 0.25) is 0 Å². The van der Waals surface area contributed by atoms with Crippen LogP contribution in [0.1, 0.15) is 338 Å². The van der Waals surface area contributed by atoms with Crippen LogP contribution in [0.4, 0.5) is 0 Å². The minimum Gasteiger partial charge on any atom is -0.462 e. The zero-order valence-electron chi connectivity index (χ0n) is 57.3. The van der Waals surface area contributed by atoms with Crippen LogP contribution in [0.5, 0.6) is 0 Å². The summed E-state index contributed by atoms with van der Waals surface area (Å²) in [6.45, 7) is 14.0. The average Bonchev–Trinajstić information content (AvgIpc) is 3.61. The van der Waals surface area contributed by atoms with Crippen LogP contribution >= 0.6 is 15.6 Å². The highest BCUT2D eigenvalue weighted by molar-refractivity contribution is 7.47. The summed E-state index contributed by atoms with van der Waals surface area (Å²) in [5.74, 6) is 0.808. The Labute approximate surface area is 537 Å². The summed E-state index contributed by atoms with van der Waals surface area (Å²) in [5.41, 5.74) is 0. The van der Waals surface area contributed by atoms with Crippen molar-refractivity contribution in [3.05, 3.63) is 0 Å². The van der Waals surface area contributed by atoms with E-state index in [0.717, 1.165) is 108 Å². The molecule has 0 saturated heterocycles. The molecule has 522 valence electrons. The zero-order valence-corrected chi connectivity index (χ0v) is 59.1. The van der Waals surface area contributed by atoms with Gasteiger partial charge < -0.3 is 33.8 Å². The Kier molecular flexibility index (Phi) is 57.6. The molecule has 88 heavy (non-hydrogen) atoms. The molecule has 0 aliphatic carbocycles. The van der Waals surface area contributed by atoms with Crippen molar-refractivity contribution in [1.29, 1.82) is 0 Å². The maximum atomic E-state index is 13.0. The number of rotatable bonds is 66. The molecule has 6 atom stereocenters. The number of hydrogen-bond donors (Lipinski definition) is 3. The van der Waals surface area contributed by atoms with Gasteiger partial charge in [0.1, 0.15) is 19.3 Å². The fraction of sp³-hybridized carbons (Fsp3) is 0.942. The molecule has 0 aliphatic rings. The van der Waals surface area contributed by atoms with Gasteiger partial charge >= 0.3 is 39.5 Å². The van der Waals surface area contributed by atoms with Gasteiger partial charge in [0, 0.05) is 25.7 Å². The van der Waals surface area contributed by atoms with Gasteiger partial charge in [0.25, 0.3) is 0 Å². The second-order valence-electron chi connectivity index (χ2n) is 26.6. The fourth-order valence-corrected chi connectivity index (χ4v) is 11.9. The molecule has 19 heteroatoms. The van der Waals surface area contributed by atoms with Gasteiger partial charge in [-0.1, -0.05) is 287 Å². The lowest BCUT2D eigenvalue weighted by Gasteiger charge is -2.21. The van der Waals surface area contributed by atoms with Crippen LogP contribution in [-0.2, 0) is 65.4 Å². The second-order valence-corrected chi connectivity index (χ2v) is 29.5. The Balaban J connectivity index is 5.21. The molecule has 0 aliphatic heterocycles. The third kappa shape index (κ3) is 61.6. The van der Waals surface area contributed by atoms with Gasteiger partial charge in [-0.05, 0) is 49.4 Å². The molecular weight excluding hydrogens is 1160 g/mol. The van der Waals surface area contributed by atoms with E-state index < -0.39 is 97.5 Å². The van der Waals surface area contributed by atoms with Crippen molar-refractivity contribution in [3.8, 4) is 0 Å². The van der Waals surface area contributed by atoms with Crippen LogP contribution in [0.25, 0.3) is 0 Å². The Morgan fingerprint density at radius 2 is 0.545 bits per heavy atom. The lowest BCUT2D eigenvalue weighted by Crippen LogP contribution is -2.30. The number of esters is 4. The standard InChI is InChI=1S/C69H134O17P2/c1-9-62(8)48-40-32-23-18-19-25-35-43-51-68(73)85-64(55-79-66(71)49-41-33-24-17-15-13-11-10-12-14-16-21-29-37-45-59(2)3)57-83-87(75,76)81-53-63(70)54-82-88(77,78)84-58-65(56-80-67(72)50-42-34-28-27-31-39-47-61(6)7)86-69(74)52-44-36-26-20-22-30-38-46-60(4)5/h59-65,70H,9-58H2,1-8H3,(H,75,76)(H,77,78)/t62?,63-,64-,65-/m1/s1. The second kappa shape index (κ2) is 58.8. The van der Waals surface area contributed by atoms with Crippen molar-refractivity contribution in [2.75, 3.05) is 39.6 Å². The lowest BCUT2D eigenvalue weighted by atomic mass is 9.99. The lowest BCUT2D eigenvalue weighted by molar-refractivity contribution is -0.161. The zero-order chi connectivity index (χ0) is 65.4. The predicted octanol–water partition coefficient (Wildman–Crippen LogP) is 19.3. The van der Waals surface area contributed by atoms with Gasteiger partial charge in [-0.25, -0.2) is 9.13 Å². The van der Waals surface area contributed by atoms with E-state index in [1.54, 1.807) is 0 Å². The van der Waals surface area contributed by atoms with Crippen molar-refractivity contribution in [2.45, 2.75) is 356 Å². The SMILES string of the molecule is CCC(C)CCCCCCCCCCC(=O)O[C@H](COC(=O)CCCCCCCCCCCCCCCCC(C)C)COP(=O)(O)OC[C@@H](O)COP(=O)(O)OC[C@@H](COC(=O)CCCCCCCCC(C)C)OC(=O)CCCCCCCCCC(C)C. The maximum absolute atomic E-state index is 13.0. The summed E-state index contributed by atoms with van der Waals surface area (Å²) in [5, 5.41) is 10.6. The highest BCUT2D eigenvalue weighted by atomic mass is 31.2. The number of carbonyl (C=O) groups excluding carboxylic acids is 4. The molecule has 0 aromatic heterocycles. The largest absolute Gasteiger partial charge is 0.472 e. The molecule has 0 saturated carbocycles. The molecule has 0 fully saturated rings. The van der Waals surface area contributed by atoms with Crippen molar-refractivity contribution < 1.29 is 80.2 Å². The summed E-state index contributed by atoms with van der Waals surface area (Å²) in [4.78, 5) is 72.4. The smallest absolute Gasteiger partial charge is 0.462 e. The molecule has 3 unspecified atom stereocenters. The molecular formula is C69H134O17P2. The highest BCUT2D eigenvalue weighted by Gasteiger charge is 2.30. The third-order valence-electron chi connectivity index (χ3n) is 16.2.